The van der Waals surface area contributed by atoms with Crippen LogP contribution in [0.15, 0.2) is 35.0 Å². The first-order valence-corrected chi connectivity index (χ1v) is 12.4. The van der Waals surface area contributed by atoms with Crippen LogP contribution >= 0.6 is 22.9 Å². The molecule has 2 aliphatic heterocycles. The van der Waals surface area contributed by atoms with Crippen molar-refractivity contribution in [3.8, 4) is 16.9 Å². The van der Waals surface area contributed by atoms with Gasteiger partial charge in [0.2, 0.25) is 0 Å². The van der Waals surface area contributed by atoms with Gasteiger partial charge in [-0.15, -0.1) is 11.3 Å². The number of thiophene rings is 1. The van der Waals surface area contributed by atoms with E-state index < -0.39 is 5.60 Å². The zero-order valence-corrected chi connectivity index (χ0v) is 19.3. The summed E-state index contributed by atoms with van der Waals surface area (Å²) in [6.07, 6.45) is 6.58. The SMILES string of the molecule is OC1(c2cc3nccc(-c4cc(Cl)cc5c4O[C@@H](c4onc6c4CCCC6)C5)c3s2)COC1. The molecule has 1 fully saturated rings. The maximum Gasteiger partial charge on any atom is 0.181 e. The summed E-state index contributed by atoms with van der Waals surface area (Å²) in [5.74, 6) is 1.69. The van der Waals surface area contributed by atoms with Crippen LogP contribution in [0.2, 0.25) is 5.02 Å². The first-order valence-electron chi connectivity index (χ1n) is 11.2. The van der Waals surface area contributed by atoms with Crippen molar-refractivity contribution >= 4 is 33.2 Å². The Hall–Kier alpha value is -2.45. The zero-order valence-electron chi connectivity index (χ0n) is 17.8. The summed E-state index contributed by atoms with van der Waals surface area (Å²) < 4.78 is 18.6. The second-order valence-corrected chi connectivity index (χ2v) is 10.6. The third kappa shape index (κ3) is 3.06. The van der Waals surface area contributed by atoms with E-state index >= 15 is 0 Å². The van der Waals surface area contributed by atoms with Gasteiger partial charge in [-0.2, -0.15) is 0 Å². The zero-order chi connectivity index (χ0) is 22.2. The molecule has 1 saturated heterocycles. The standard InChI is InChI=1S/C25H21ClN2O4S/c26-14-7-13-8-20(23-16-3-1-2-4-18(16)28-32-23)31-22(13)17(9-14)15-5-6-27-19-10-21(33-24(15)19)25(29)11-30-12-25/h5-7,9-10,20,29H,1-4,8,11-12H2/t20-/m1/s1. The summed E-state index contributed by atoms with van der Waals surface area (Å²) in [5, 5.41) is 15.8. The molecule has 7 rings (SSSR count). The lowest BCUT2D eigenvalue weighted by atomic mass is 9.93. The van der Waals surface area contributed by atoms with E-state index in [1.807, 2.05) is 24.3 Å². The van der Waals surface area contributed by atoms with E-state index in [9.17, 15) is 5.11 Å². The number of aliphatic hydroxyl groups is 1. The van der Waals surface area contributed by atoms with Crippen LogP contribution in [0.25, 0.3) is 21.3 Å². The molecule has 5 heterocycles. The molecule has 0 spiro atoms. The molecule has 0 unspecified atom stereocenters. The second-order valence-electron chi connectivity index (χ2n) is 9.14. The summed E-state index contributed by atoms with van der Waals surface area (Å²) in [7, 11) is 0. The number of nitrogens with zero attached hydrogens (tertiary/aromatic N) is 2. The van der Waals surface area contributed by atoms with Crippen LogP contribution < -0.4 is 4.74 Å². The van der Waals surface area contributed by atoms with E-state index in [2.05, 4.69) is 10.1 Å². The number of hydrogen-bond acceptors (Lipinski definition) is 7. The second kappa shape index (κ2) is 7.27. The van der Waals surface area contributed by atoms with Crippen molar-refractivity contribution in [1.82, 2.24) is 10.1 Å². The molecule has 0 bridgehead atoms. The lowest BCUT2D eigenvalue weighted by Gasteiger charge is -2.35. The number of pyridine rings is 1. The predicted octanol–water partition coefficient (Wildman–Crippen LogP) is 5.38. The minimum absolute atomic E-state index is 0.198. The molecule has 4 aromatic rings. The number of fused-ring (bicyclic) bond motifs is 3. The third-order valence-corrected chi connectivity index (χ3v) is 8.49. The van der Waals surface area contributed by atoms with Gasteiger partial charge in [-0.05, 0) is 49.9 Å². The molecular formula is C25H21ClN2O4S. The molecule has 3 aromatic heterocycles. The van der Waals surface area contributed by atoms with Gasteiger partial charge in [0, 0.05) is 44.8 Å². The lowest BCUT2D eigenvalue weighted by molar-refractivity contribution is -0.182. The van der Waals surface area contributed by atoms with Crippen molar-refractivity contribution in [2.45, 2.75) is 43.8 Å². The maximum absolute atomic E-state index is 10.8. The minimum Gasteiger partial charge on any atom is -0.481 e. The van der Waals surface area contributed by atoms with Crippen molar-refractivity contribution in [2.24, 2.45) is 0 Å². The van der Waals surface area contributed by atoms with Crippen LogP contribution in [0.3, 0.4) is 0 Å². The molecule has 1 aromatic carbocycles. The number of halogens is 1. The van der Waals surface area contributed by atoms with Crippen molar-refractivity contribution < 1.29 is 19.1 Å². The lowest BCUT2D eigenvalue weighted by Crippen LogP contribution is -2.45. The number of hydrogen-bond donors (Lipinski definition) is 1. The van der Waals surface area contributed by atoms with E-state index in [0.29, 0.717) is 24.7 Å². The summed E-state index contributed by atoms with van der Waals surface area (Å²) in [6.45, 7) is 0.627. The highest BCUT2D eigenvalue weighted by molar-refractivity contribution is 7.19. The fourth-order valence-electron chi connectivity index (χ4n) is 5.16. The van der Waals surface area contributed by atoms with Gasteiger partial charge in [0.15, 0.2) is 11.9 Å². The molecule has 8 heteroatoms. The third-order valence-electron chi connectivity index (χ3n) is 6.92. The molecule has 1 aliphatic carbocycles. The first-order chi connectivity index (χ1) is 16.1. The van der Waals surface area contributed by atoms with Gasteiger partial charge >= 0.3 is 0 Å². The van der Waals surface area contributed by atoms with Crippen LogP contribution in [0.5, 0.6) is 5.75 Å². The van der Waals surface area contributed by atoms with Crippen LogP contribution in [-0.2, 0) is 29.6 Å². The predicted molar refractivity (Wildman–Crippen MR) is 125 cm³/mol. The number of rotatable bonds is 3. The minimum atomic E-state index is -0.925. The number of aromatic nitrogens is 2. The van der Waals surface area contributed by atoms with Gasteiger partial charge in [0.25, 0.3) is 0 Å². The Morgan fingerprint density at radius 1 is 1.12 bits per heavy atom. The summed E-state index contributed by atoms with van der Waals surface area (Å²) in [5.41, 5.74) is 5.22. The number of ether oxygens (including phenoxy) is 2. The van der Waals surface area contributed by atoms with Crippen molar-refractivity contribution in [3.05, 3.63) is 62.9 Å². The van der Waals surface area contributed by atoms with E-state index in [1.165, 1.54) is 5.56 Å². The first kappa shape index (κ1) is 20.0. The monoisotopic (exact) mass is 480 g/mol. The summed E-state index contributed by atoms with van der Waals surface area (Å²) >= 11 is 8.12. The van der Waals surface area contributed by atoms with Crippen molar-refractivity contribution in [1.29, 1.82) is 0 Å². The number of benzene rings is 1. The normalized spacial score (nSPS) is 20.8. The highest BCUT2D eigenvalue weighted by Gasteiger charge is 2.40. The Morgan fingerprint density at radius 3 is 2.85 bits per heavy atom. The van der Waals surface area contributed by atoms with Crippen LogP contribution in [-0.4, -0.2) is 28.5 Å². The smallest absolute Gasteiger partial charge is 0.181 e. The highest BCUT2D eigenvalue weighted by atomic mass is 35.5. The fourth-order valence-corrected chi connectivity index (χ4v) is 6.60. The van der Waals surface area contributed by atoms with Crippen molar-refractivity contribution in [3.63, 3.8) is 0 Å². The summed E-state index contributed by atoms with van der Waals surface area (Å²) in [6, 6.07) is 7.88. The highest BCUT2D eigenvalue weighted by Crippen LogP contribution is 2.49. The van der Waals surface area contributed by atoms with Crippen LogP contribution in [0.1, 0.15) is 46.4 Å². The average Bonchev–Trinajstić information content (AvgIpc) is 3.52. The number of aryl methyl sites for hydroxylation is 1. The van der Waals surface area contributed by atoms with Crippen LogP contribution in [0.4, 0.5) is 0 Å². The molecule has 33 heavy (non-hydrogen) atoms. The average molecular weight is 481 g/mol. The van der Waals surface area contributed by atoms with Gasteiger partial charge in [-0.25, -0.2) is 0 Å². The fraction of sp³-hybridized carbons (Fsp3) is 0.360. The van der Waals surface area contributed by atoms with Gasteiger partial charge < -0.3 is 19.1 Å². The maximum atomic E-state index is 10.8. The summed E-state index contributed by atoms with van der Waals surface area (Å²) in [4.78, 5) is 5.41. The molecular weight excluding hydrogens is 460 g/mol. The molecule has 168 valence electrons. The Kier molecular flexibility index (Phi) is 4.40. The Labute approximate surface area is 199 Å². The van der Waals surface area contributed by atoms with E-state index in [-0.39, 0.29) is 6.10 Å². The van der Waals surface area contributed by atoms with Gasteiger partial charge in [0.1, 0.15) is 11.4 Å². The van der Waals surface area contributed by atoms with Gasteiger partial charge in [-0.3, -0.25) is 4.98 Å². The molecule has 6 nitrogen and oxygen atoms in total. The van der Waals surface area contributed by atoms with E-state index in [4.69, 9.17) is 25.6 Å². The molecule has 0 saturated carbocycles. The molecule has 1 N–H and O–H groups in total. The molecule has 1 atom stereocenters. The quantitative estimate of drug-likeness (QED) is 0.424. The Balaban J connectivity index is 1.32. The van der Waals surface area contributed by atoms with Gasteiger partial charge in [0.05, 0.1) is 29.1 Å². The largest absolute Gasteiger partial charge is 0.481 e. The molecule has 0 amide bonds. The molecule has 3 aliphatic rings. The van der Waals surface area contributed by atoms with Gasteiger partial charge in [-0.1, -0.05) is 16.8 Å². The van der Waals surface area contributed by atoms with E-state index in [1.54, 1.807) is 17.5 Å². The Bertz CT molecular complexity index is 1410. The molecule has 0 radical (unpaired) electrons. The van der Waals surface area contributed by atoms with E-state index in [0.717, 1.165) is 74.7 Å². The van der Waals surface area contributed by atoms with Crippen LogP contribution in [0, 0.1) is 0 Å². The topological polar surface area (TPSA) is 77.6 Å². The van der Waals surface area contributed by atoms with Crippen molar-refractivity contribution in [2.75, 3.05) is 13.2 Å². The Morgan fingerprint density at radius 2 is 2.00 bits per heavy atom.